The van der Waals surface area contributed by atoms with Gasteiger partial charge in [-0.3, -0.25) is 14.4 Å². The smallest absolute Gasteiger partial charge is 0.425 e. The van der Waals surface area contributed by atoms with Crippen LogP contribution in [-0.4, -0.2) is 39.8 Å². The topological polar surface area (TPSA) is 122 Å². The zero-order valence-electron chi connectivity index (χ0n) is 21.3. The fraction of sp³-hybridized carbons (Fsp3) is 0.321. The number of alkyl halides is 3. The molecule has 3 aliphatic rings. The summed E-state index contributed by atoms with van der Waals surface area (Å²) in [5.41, 5.74) is -1.98. The summed E-state index contributed by atoms with van der Waals surface area (Å²) in [4.78, 5) is 39.5. The summed E-state index contributed by atoms with van der Waals surface area (Å²) in [5.74, 6) is -3.44. The minimum Gasteiger partial charge on any atom is -0.507 e. The van der Waals surface area contributed by atoms with Gasteiger partial charge >= 0.3 is 6.18 Å². The molecule has 0 fully saturated rings. The van der Waals surface area contributed by atoms with Crippen LogP contribution in [0.3, 0.4) is 0 Å². The van der Waals surface area contributed by atoms with Crippen molar-refractivity contribution in [1.82, 2.24) is 5.32 Å². The standard InChI is InChI=1S/C28H24F3NO7/c1-11-23(35)21(13(3)33)25-22(24(11)36)27(4)18(39-25)10-16(34)20(26(27)37)12(2)32-15-9-19(28(29,30)31)38-17-8-6-5-7-14(15)17/h5-8,10,15,19,32,35-36H,9H2,1-4H3/b20-12+/t15-,19-,27+/m1/s1. The minimum absolute atomic E-state index is 0.0272. The van der Waals surface area contributed by atoms with Crippen LogP contribution in [0.2, 0.25) is 0 Å². The number of aromatic hydroxyl groups is 2. The highest BCUT2D eigenvalue weighted by Gasteiger charge is 2.56. The van der Waals surface area contributed by atoms with Crippen LogP contribution in [0.25, 0.3) is 0 Å². The largest absolute Gasteiger partial charge is 0.507 e. The zero-order chi connectivity index (χ0) is 28.6. The van der Waals surface area contributed by atoms with Gasteiger partial charge < -0.3 is 25.0 Å². The Morgan fingerprint density at radius 3 is 2.44 bits per heavy atom. The van der Waals surface area contributed by atoms with E-state index in [1.807, 2.05) is 0 Å². The van der Waals surface area contributed by atoms with Crippen LogP contribution in [0.5, 0.6) is 23.0 Å². The van der Waals surface area contributed by atoms with Gasteiger partial charge in [0.15, 0.2) is 23.5 Å². The lowest BCUT2D eigenvalue weighted by Gasteiger charge is -2.35. The van der Waals surface area contributed by atoms with Gasteiger partial charge in [-0.05, 0) is 33.8 Å². The van der Waals surface area contributed by atoms with Crippen LogP contribution >= 0.6 is 0 Å². The highest BCUT2D eigenvalue weighted by atomic mass is 19.4. The van der Waals surface area contributed by atoms with E-state index in [4.69, 9.17) is 9.47 Å². The predicted octanol–water partition coefficient (Wildman–Crippen LogP) is 4.61. The Morgan fingerprint density at radius 1 is 1.13 bits per heavy atom. The van der Waals surface area contributed by atoms with Crippen molar-refractivity contribution in [3.05, 3.63) is 69.6 Å². The first-order valence-corrected chi connectivity index (χ1v) is 12.1. The molecule has 0 aromatic heterocycles. The van der Waals surface area contributed by atoms with E-state index in [2.05, 4.69) is 5.32 Å². The first kappa shape index (κ1) is 26.3. The Bertz CT molecular complexity index is 1540. The lowest BCUT2D eigenvalue weighted by Crippen LogP contribution is -2.43. The maximum atomic E-state index is 14.0. The van der Waals surface area contributed by atoms with E-state index in [9.17, 15) is 37.8 Å². The molecule has 3 atom stereocenters. The number of Topliss-reactive ketones (excluding diaryl/α,β-unsaturated/α-hetero) is 2. The van der Waals surface area contributed by atoms with Crippen LogP contribution in [-0.2, 0) is 15.0 Å². The molecular weight excluding hydrogens is 519 g/mol. The van der Waals surface area contributed by atoms with E-state index in [1.54, 1.807) is 18.2 Å². The third-order valence-electron chi connectivity index (χ3n) is 7.53. The number of hydrogen-bond acceptors (Lipinski definition) is 8. The van der Waals surface area contributed by atoms with Crippen molar-refractivity contribution in [3.63, 3.8) is 0 Å². The summed E-state index contributed by atoms with van der Waals surface area (Å²) in [6.45, 7) is 5.37. The number of hydrogen-bond donors (Lipinski definition) is 3. The number of para-hydroxylation sites is 1. The van der Waals surface area contributed by atoms with Crippen molar-refractivity contribution in [2.45, 2.75) is 57.9 Å². The Hall–Kier alpha value is -4.28. The molecule has 2 aromatic carbocycles. The van der Waals surface area contributed by atoms with Crippen LogP contribution in [0.4, 0.5) is 13.2 Å². The van der Waals surface area contributed by atoms with E-state index in [0.717, 1.165) is 6.08 Å². The van der Waals surface area contributed by atoms with Crippen molar-refractivity contribution in [3.8, 4) is 23.0 Å². The molecule has 0 unspecified atom stereocenters. The maximum Gasteiger partial charge on any atom is 0.425 e. The minimum atomic E-state index is -4.64. The zero-order valence-corrected chi connectivity index (χ0v) is 21.3. The van der Waals surface area contributed by atoms with Crippen molar-refractivity contribution in [2.24, 2.45) is 0 Å². The average molecular weight is 543 g/mol. The quantitative estimate of drug-likeness (QED) is 0.292. The maximum absolute atomic E-state index is 14.0. The van der Waals surface area contributed by atoms with Gasteiger partial charge in [-0.15, -0.1) is 0 Å². The SMILES string of the molecule is CC(=O)c1c(O)c(C)c(O)c2c1OC1=CC(=O)/C(=C(/C)N[C@@H]3C[C@H](C(F)(F)F)Oc4ccccc43)C(=O)[C@@]12C. The fourth-order valence-electron chi connectivity index (χ4n) is 5.45. The predicted molar refractivity (Wildman–Crippen MR) is 131 cm³/mol. The van der Waals surface area contributed by atoms with Crippen LogP contribution in [0, 0.1) is 6.92 Å². The molecule has 204 valence electrons. The van der Waals surface area contributed by atoms with Gasteiger partial charge in [-0.2, -0.15) is 13.2 Å². The van der Waals surface area contributed by atoms with Gasteiger partial charge in [0.2, 0.25) is 0 Å². The Kier molecular flexibility index (Phi) is 5.82. The molecule has 2 aliphatic heterocycles. The Labute approximate surface area is 220 Å². The van der Waals surface area contributed by atoms with E-state index in [-0.39, 0.29) is 45.2 Å². The third kappa shape index (κ3) is 3.78. The lowest BCUT2D eigenvalue weighted by atomic mass is 9.70. The summed E-state index contributed by atoms with van der Waals surface area (Å²) in [7, 11) is 0. The Balaban J connectivity index is 1.61. The number of phenolic OH excluding ortho intramolecular Hbond substituents is 2. The van der Waals surface area contributed by atoms with Gasteiger partial charge in [0.25, 0.3) is 0 Å². The number of ketones is 3. The molecule has 0 spiro atoms. The second-order valence-electron chi connectivity index (χ2n) is 10.0. The number of phenols is 2. The van der Waals surface area contributed by atoms with Crippen LogP contribution in [0.1, 0.15) is 60.3 Å². The molecule has 2 aromatic rings. The molecule has 0 saturated heterocycles. The molecule has 39 heavy (non-hydrogen) atoms. The molecule has 11 heteroatoms. The molecular formula is C28H24F3NO7. The van der Waals surface area contributed by atoms with Gasteiger partial charge in [-0.25, -0.2) is 0 Å². The van der Waals surface area contributed by atoms with Gasteiger partial charge in [0, 0.05) is 29.3 Å². The van der Waals surface area contributed by atoms with Crippen LogP contribution in [0.15, 0.2) is 47.4 Å². The summed E-state index contributed by atoms with van der Waals surface area (Å²) in [6, 6.07) is 5.26. The summed E-state index contributed by atoms with van der Waals surface area (Å²) in [5, 5.41) is 24.3. The molecule has 0 amide bonds. The number of ether oxygens (including phenoxy) is 2. The number of carbonyl (C=O) groups is 3. The molecule has 3 N–H and O–H groups in total. The average Bonchev–Trinajstić information content (AvgIpc) is 3.14. The normalized spacial score (nSPS) is 25.1. The van der Waals surface area contributed by atoms with Gasteiger partial charge in [-0.1, -0.05) is 18.2 Å². The van der Waals surface area contributed by atoms with Crippen LogP contribution < -0.4 is 14.8 Å². The number of fused-ring (bicyclic) bond motifs is 4. The number of nitrogens with one attached hydrogen (secondary N) is 1. The van der Waals surface area contributed by atoms with E-state index >= 15 is 0 Å². The van der Waals surface area contributed by atoms with Gasteiger partial charge in [0.05, 0.1) is 17.2 Å². The molecule has 1 aliphatic carbocycles. The van der Waals surface area contributed by atoms with Crippen molar-refractivity contribution in [1.29, 1.82) is 0 Å². The first-order valence-electron chi connectivity index (χ1n) is 12.1. The van der Waals surface area contributed by atoms with Crippen molar-refractivity contribution in [2.75, 3.05) is 0 Å². The number of rotatable bonds is 3. The first-order chi connectivity index (χ1) is 18.2. The van der Waals surface area contributed by atoms with E-state index < -0.39 is 59.0 Å². The second-order valence-corrected chi connectivity index (χ2v) is 10.0. The van der Waals surface area contributed by atoms with E-state index in [0.29, 0.717) is 5.56 Å². The fourth-order valence-corrected chi connectivity index (χ4v) is 5.45. The number of allylic oxidation sites excluding steroid dienone is 4. The molecule has 2 heterocycles. The summed E-state index contributed by atoms with van der Waals surface area (Å²) in [6.07, 6.45) is -6.19. The van der Waals surface area contributed by atoms with Gasteiger partial charge in [0.1, 0.15) is 39.7 Å². The molecule has 5 rings (SSSR count). The summed E-state index contributed by atoms with van der Waals surface area (Å²) >= 11 is 0. The molecule has 0 saturated carbocycles. The molecule has 0 radical (unpaired) electrons. The van der Waals surface area contributed by atoms with E-state index in [1.165, 1.54) is 33.8 Å². The summed E-state index contributed by atoms with van der Waals surface area (Å²) < 4.78 is 51.7. The number of benzene rings is 2. The van der Waals surface area contributed by atoms with Crippen molar-refractivity contribution < 1.29 is 47.2 Å². The lowest BCUT2D eigenvalue weighted by molar-refractivity contribution is -0.201. The second kappa shape index (κ2) is 8.62. The highest BCUT2D eigenvalue weighted by Crippen LogP contribution is 2.57. The number of halogens is 3. The Morgan fingerprint density at radius 2 is 1.79 bits per heavy atom. The van der Waals surface area contributed by atoms with Crippen molar-refractivity contribution >= 4 is 17.3 Å². The third-order valence-corrected chi connectivity index (χ3v) is 7.53. The number of carbonyl (C=O) groups excluding carboxylic acids is 3. The highest BCUT2D eigenvalue weighted by molar-refractivity contribution is 6.31. The molecule has 0 bridgehead atoms. The molecule has 8 nitrogen and oxygen atoms in total. The monoisotopic (exact) mass is 543 g/mol.